The minimum atomic E-state index is -1.44. The summed E-state index contributed by atoms with van der Waals surface area (Å²) in [4.78, 5) is 27.4. The Kier molecular flexibility index (Phi) is 5.48. The fourth-order valence-electron chi connectivity index (χ4n) is 3.74. The van der Waals surface area contributed by atoms with E-state index in [1.54, 1.807) is 47.8 Å². The van der Waals surface area contributed by atoms with Crippen molar-refractivity contribution in [3.63, 3.8) is 0 Å². The number of hydrogen-bond donors (Lipinski definition) is 0. The molecule has 1 saturated heterocycles. The Balaban J connectivity index is 1.47. The molecule has 0 N–H and O–H groups in total. The quantitative estimate of drug-likeness (QED) is 0.667. The highest BCUT2D eigenvalue weighted by Gasteiger charge is 2.37. The Bertz CT molecular complexity index is 1090. The zero-order valence-corrected chi connectivity index (χ0v) is 16.3. The summed E-state index contributed by atoms with van der Waals surface area (Å²) >= 11 is 0. The predicted octanol–water partition coefficient (Wildman–Crippen LogP) is 3.60. The van der Waals surface area contributed by atoms with Crippen LogP contribution in [-0.4, -0.2) is 44.5 Å². The van der Waals surface area contributed by atoms with Crippen molar-refractivity contribution in [1.29, 1.82) is 5.26 Å². The molecule has 0 unspecified atom stereocenters. The van der Waals surface area contributed by atoms with E-state index >= 15 is 4.39 Å². The number of piperidine rings is 1. The fraction of sp³-hybridized carbons (Fsp3) is 0.261. The number of rotatable bonds is 4. The SMILES string of the molecule is N#Cc1ccnc(CC2(F)CCN(C(=O)c3cccnc3-c3ccncc3)CC2)c1. The first-order chi connectivity index (χ1) is 14.6. The molecular formula is C23H20FN5O. The molecule has 1 aliphatic heterocycles. The van der Waals surface area contributed by atoms with Crippen LogP contribution < -0.4 is 0 Å². The molecule has 1 fully saturated rings. The van der Waals surface area contributed by atoms with E-state index in [9.17, 15) is 4.79 Å². The number of nitrogens with zero attached hydrogens (tertiary/aromatic N) is 5. The van der Waals surface area contributed by atoms with Crippen LogP contribution in [0.5, 0.6) is 0 Å². The largest absolute Gasteiger partial charge is 0.338 e. The predicted molar refractivity (Wildman–Crippen MR) is 109 cm³/mol. The van der Waals surface area contributed by atoms with Gasteiger partial charge in [-0.15, -0.1) is 0 Å². The summed E-state index contributed by atoms with van der Waals surface area (Å²) in [6.45, 7) is 0.635. The Morgan fingerprint density at radius 2 is 1.87 bits per heavy atom. The third kappa shape index (κ3) is 4.18. The van der Waals surface area contributed by atoms with Crippen molar-refractivity contribution in [2.45, 2.75) is 24.9 Å². The number of alkyl halides is 1. The molecule has 0 aliphatic carbocycles. The molecule has 4 rings (SSSR count). The second-order valence-corrected chi connectivity index (χ2v) is 7.40. The molecule has 3 aromatic rings. The van der Waals surface area contributed by atoms with Crippen LogP contribution in [0.3, 0.4) is 0 Å². The maximum absolute atomic E-state index is 15.4. The third-order valence-electron chi connectivity index (χ3n) is 5.38. The smallest absolute Gasteiger partial charge is 0.256 e. The molecule has 3 aromatic heterocycles. The topological polar surface area (TPSA) is 82.8 Å². The molecule has 0 spiro atoms. The zero-order valence-electron chi connectivity index (χ0n) is 16.3. The van der Waals surface area contributed by atoms with E-state index < -0.39 is 5.67 Å². The van der Waals surface area contributed by atoms with Crippen LogP contribution in [0, 0.1) is 11.3 Å². The molecule has 0 radical (unpaired) electrons. The lowest BCUT2D eigenvalue weighted by molar-refractivity contribution is 0.0434. The summed E-state index contributed by atoms with van der Waals surface area (Å²) < 4.78 is 15.4. The van der Waals surface area contributed by atoms with Crippen molar-refractivity contribution in [3.05, 3.63) is 78.0 Å². The van der Waals surface area contributed by atoms with Crippen LogP contribution >= 0.6 is 0 Å². The summed E-state index contributed by atoms with van der Waals surface area (Å²) in [5.74, 6) is -0.151. The summed E-state index contributed by atoms with van der Waals surface area (Å²) in [5, 5.41) is 9.02. The molecule has 0 atom stereocenters. The average molecular weight is 401 g/mol. The summed E-state index contributed by atoms with van der Waals surface area (Å²) in [5.41, 5.74) is 1.49. The van der Waals surface area contributed by atoms with Crippen molar-refractivity contribution < 1.29 is 9.18 Å². The fourth-order valence-corrected chi connectivity index (χ4v) is 3.74. The Morgan fingerprint density at radius 3 is 2.60 bits per heavy atom. The van der Waals surface area contributed by atoms with Gasteiger partial charge < -0.3 is 4.90 Å². The van der Waals surface area contributed by atoms with E-state index in [0.29, 0.717) is 35.6 Å². The minimum Gasteiger partial charge on any atom is -0.338 e. The second-order valence-electron chi connectivity index (χ2n) is 7.40. The lowest BCUT2D eigenvalue weighted by atomic mass is 9.88. The number of amides is 1. The lowest BCUT2D eigenvalue weighted by Crippen LogP contribution is -2.45. The molecule has 150 valence electrons. The van der Waals surface area contributed by atoms with Gasteiger partial charge in [0.1, 0.15) is 5.67 Å². The highest BCUT2D eigenvalue weighted by atomic mass is 19.1. The van der Waals surface area contributed by atoms with Gasteiger partial charge in [0.15, 0.2) is 0 Å². The van der Waals surface area contributed by atoms with Gasteiger partial charge >= 0.3 is 0 Å². The zero-order chi connectivity index (χ0) is 21.0. The number of halogens is 1. The minimum absolute atomic E-state index is 0.139. The van der Waals surface area contributed by atoms with Crippen LogP contribution in [0.2, 0.25) is 0 Å². The molecule has 1 amide bonds. The second kappa shape index (κ2) is 8.37. The van der Waals surface area contributed by atoms with Gasteiger partial charge in [-0.25, -0.2) is 4.39 Å². The van der Waals surface area contributed by atoms with E-state index in [1.165, 1.54) is 6.20 Å². The number of carbonyl (C=O) groups is 1. The van der Waals surface area contributed by atoms with Gasteiger partial charge in [-0.2, -0.15) is 5.26 Å². The maximum Gasteiger partial charge on any atom is 0.256 e. The highest BCUT2D eigenvalue weighted by Crippen LogP contribution is 2.31. The number of nitriles is 1. The maximum atomic E-state index is 15.4. The van der Waals surface area contributed by atoms with Crippen molar-refractivity contribution in [3.8, 4) is 17.3 Å². The van der Waals surface area contributed by atoms with Gasteiger partial charge in [-0.3, -0.25) is 19.7 Å². The average Bonchev–Trinajstić information content (AvgIpc) is 2.79. The molecule has 4 heterocycles. The van der Waals surface area contributed by atoms with Gasteiger partial charge in [0.05, 0.1) is 22.9 Å². The van der Waals surface area contributed by atoms with E-state index in [4.69, 9.17) is 5.26 Å². The number of likely N-dealkylation sites (tertiary alicyclic amines) is 1. The molecule has 0 aromatic carbocycles. The van der Waals surface area contributed by atoms with Crippen LogP contribution in [-0.2, 0) is 6.42 Å². The van der Waals surface area contributed by atoms with Gasteiger partial charge in [0.25, 0.3) is 5.91 Å². The monoisotopic (exact) mass is 401 g/mol. The summed E-state index contributed by atoms with van der Waals surface area (Å²) in [7, 11) is 0. The number of pyridine rings is 3. The van der Waals surface area contributed by atoms with E-state index in [0.717, 1.165) is 5.56 Å². The normalized spacial score (nSPS) is 15.4. The van der Waals surface area contributed by atoms with Gasteiger partial charge in [-0.1, -0.05) is 0 Å². The standard InChI is InChI=1S/C23H20FN5O/c24-23(15-19-14-17(16-25)3-11-27-19)6-12-29(13-7-23)22(30)20-2-1-8-28-21(20)18-4-9-26-10-5-18/h1-5,8-11,14H,6-7,12-13,15H2. The van der Waals surface area contributed by atoms with Gasteiger partial charge in [0.2, 0.25) is 0 Å². The van der Waals surface area contributed by atoms with Crippen LogP contribution in [0.1, 0.15) is 34.5 Å². The van der Waals surface area contributed by atoms with Crippen molar-refractivity contribution >= 4 is 5.91 Å². The van der Waals surface area contributed by atoms with Crippen LogP contribution in [0.15, 0.2) is 61.2 Å². The van der Waals surface area contributed by atoms with Gasteiger partial charge in [-0.05, 0) is 49.2 Å². The molecule has 7 heteroatoms. The van der Waals surface area contributed by atoms with Crippen LogP contribution in [0.25, 0.3) is 11.3 Å². The highest BCUT2D eigenvalue weighted by molar-refractivity contribution is 5.99. The number of hydrogen-bond acceptors (Lipinski definition) is 5. The summed E-state index contributed by atoms with van der Waals surface area (Å²) in [6.07, 6.45) is 7.08. The van der Waals surface area contributed by atoms with Gasteiger partial charge in [0, 0.05) is 55.6 Å². The van der Waals surface area contributed by atoms with Crippen LogP contribution in [0.4, 0.5) is 4.39 Å². The first-order valence-electron chi connectivity index (χ1n) is 9.77. The Labute approximate surface area is 174 Å². The Morgan fingerprint density at radius 1 is 1.10 bits per heavy atom. The molecule has 6 nitrogen and oxygen atoms in total. The molecule has 0 saturated carbocycles. The van der Waals surface area contributed by atoms with E-state index in [1.807, 2.05) is 12.1 Å². The third-order valence-corrected chi connectivity index (χ3v) is 5.38. The number of aromatic nitrogens is 3. The van der Waals surface area contributed by atoms with E-state index in [2.05, 4.69) is 21.0 Å². The summed E-state index contributed by atoms with van der Waals surface area (Å²) in [6, 6.07) is 12.4. The first-order valence-corrected chi connectivity index (χ1v) is 9.77. The van der Waals surface area contributed by atoms with Crippen molar-refractivity contribution in [2.75, 3.05) is 13.1 Å². The lowest BCUT2D eigenvalue weighted by Gasteiger charge is -2.36. The Hall–Kier alpha value is -3.66. The first kappa shape index (κ1) is 19.6. The molecular weight excluding hydrogens is 381 g/mol. The van der Waals surface area contributed by atoms with Crippen molar-refractivity contribution in [2.24, 2.45) is 0 Å². The molecule has 1 aliphatic rings. The van der Waals surface area contributed by atoms with E-state index in [-0.39, 0.29) is 25.2 Å². The number of carbonyl (C=O) groups excluding carboxylic acids is 1. The molecule has 30 heavy (non-hydrogen) atoms. The molecule has 0 bridgehead atoms. The van der Waals surface area contributed by atoms with Crippen molar-refractivity contribution in [1.82, 2.24) is 19.9 Å².